The van der Waals surface area contributed by atoms with E-state index in [2.05, 4.69) is 16.6 Å². The van der Waals surface area contributed by atoms with Crippen LogP contribution in [0.3, 0.4) is 0 Å². The molecule has 0 saturated carbocycles. The molecule has 0 aromatic rings. The minimum absolute atomic E-state index is 0.0555. The van der Waals surface area contributed by atoms with Crippen molar-refractivity contribution in [1.29, 1.82) is 0 Å². The third kappa shape index (κ3) is 4.73. The highest BCUT2D eigenvalue weighted by Crippen LogP contribution is 2.01. The molecule has 0 rings (SSSR count). The first-order chi connectivity index (χ1) is 7.02. The van der Waals surface area contributed by atoms with Crippen LogP contribution in [-0.4, -0.2) is 24.4 Å². The van der Waals surface area contributed by atoms with Gasteiger partial charge in [-0.3, -0.25) is 9.59 Å². The summed E-state index contributed by atoms with van der Waals surface area (Å²) >= 11 is 0. The molecule has 1 atom stereocenters. The number of carbonyl (C=O) groups excluding carboxylic acids is 2. The second-order valence-electron chi connectivity index (χ2n) is 3.26. The fraction of sp³-hybridized carbons (Fsp3) is 0.455. The zero-order chi connectivity index (χ0) is 11.8. The molecular weight excluding hydrogens is 192 g/mol. The molecule has 0 aromatic heterocycles. The van der Waals surface area contributed by atoms with Gasteiger partial charge in [-0.25, -0.2) is 0 Å². The Morgan fingerprint density at radius 1 is 1.33 bits per heavy atom. The quantitative estimate of drug-likeness (QED) is 0.610. The fourth-order valence-electron chi connectivity index (χ4n) is 0.966. The molecule has 0 bridgehead atoms. The Balaban J connectivity index is 4.41. The Morgan fingerprint density at radius 2 is 1.93 bits per heavy atom. The van der Waals surface area contributed by atoms with Crippen LogP contribution in [0.5, 0.6) is 0 Å². The van der Waals surface area contributed by atoms with Gasteiger partial charge in [0.25, 0.3) is 5.91 Å². The van der Waals surface area contributed by atoms with Gasteiger partial charge in [-0.15, -0.1) is 12.8 Å². The lowest BCUT2D eigenvalue weighted by Gasteiger charge is -2.19. The van der Waals surface area contributed by atoms with Crippen molar-refractivity contribution in [2.75, 3.05) is 6.54 Å². The van der Waals surface area contributed by atoms with Crippen molar-refractivity contribution in [3.8, 4) is 24.7 Å². The lowest BCUT2D eigenvalue weighted by molar-refractivity contribution is -0.127. The first-order valence-corrected chi connectivity index (χ1v) is 4.51. The number of terminal acetylenes is 2. The molecule has 4 nitrogen and oxygen atoms in total. The van der Waals surface area contributed by atoms with Crippen molar-refractivity contribution >= 4 is 11.8 Å². The first-order valence-electron chi connectivity index (χ1n) is 4.51. The summed E-state index contributed by atoms with van der Waals surface area (Å²) in [7, 11) is 0. The largest absolute Gasteiger partial charge is 0.343 e. The van der Waals surface area contributed by atoms with Gasteiger partial charge in [0, 0.05) is 0 Å². The molecule has 2 amide bonds. The van der Waals surface area contributed by atoms with Gasteiger partial charge in [0.05, 0.1) is 6.54 Å². The summed E-state index contributed by atoms with van der Waals surface area (Å²) < 4.78 is 0. The van der Waals surface area contributed by atoms with Crippen LogP contribution in [-0.2, 0) is 9.59 Å². The Kier molecular flexibility index (Phi) is 5.66. The molecule has 0 spiro atoms. The number of hydrogen-bond donors (Lipinski definition) is 2. The molecule has 0 unspecified atom stereocenters. The Labute approximate surface area is 89.8 Å². The van der Waals surface area contributed by atoms with E-state index in [9.17, 15) is 9.59 Å². The van der Waals surface area contributed by atoms with Crippen LogP contribution >= 0.6 is 0 Å². The molecule has 80 valence electrons. The van der Waals surface area contributed by atoms with E-state index in [0.717, 1.165) is 0 Å². The van der Waals surface area contributed by atoms with Crippen LogP contribution < -0.4 is 10.6 Å². The van der Waals surface area contributed by atoms with Crippen molar-refractivity contribution in [2.45, 2.75) is 19.9 Å². The maximum Gasteiger partial charge on any atom is 0.296 e. The van der Waals surface area contributed by atoms with Crippen LogP contribution in [0.4, 0.5) is 0 Å². The molecule has 15 heavy (non-hydrogen) atoms. The second kappa shape index (κ2) is 6.50. The number of rotatable bonds is 4. The summed E-state index contributed by atoms with van der Waals surface area (Å²) in [4.78, 5) is 22.4. The molecule has 0 aromatic carbocycles. The molecule has 0 radical (unpaired) electrons. The van der Waals surface area contributed by atoms with Gasteiger partial charge in [0.1, 0.15) is 6.04 Å². The summed E-state index contributed by atoms with van der Waals surface area (Å²) in [6.07, 6.45) is 9.89. The minimum atomic E-state index is -0.651. The van der Waals surface area contributed by atoms with Crippen molar-refractivity contribution in [3.63, 3.8) is 0 Å². The van der Waals surface area contributed by atoms with E-state index in [-0.39, 0.29) is 18.4 Å². The van der Waals surface area contributed by atoms with Crippen molar-refractivity contribution < 1.29 is 9.59 Å². The first kappa shape index (κ1) is 13.1. The third-order valence-electron chi connectivity index (χ3n) is 1.73. The number of nitrogens with one attached hydrogen (secondary N) is 2. The Hall–Kier alpha value is -1.94. The van der Waals surface area contributed by atoms with Crippen LogP contribution in [0.2, 0.25) is 0 Å². The van der Waals surface area contributed by atoms with Gasteiger partial charge < -0.3 is 10.6 Å². The lowest BCUT2D eigenvalue weighted by atomic mass is 10.0. The monoisotopic (exact) mass is 206 g/mol. The van der Waals surface area contributed by atoms with E-state index in [1.807, 2.05) is 5.92 Å². The molecule has 0 aliphatic heterocycles. The maximum absolute atomic E-state index is 11.5. The summed E-state index contributed by atoms with van der Waals surface area (Å²) in [6.45, 7) is 3.74. The zero-order valence-corrected chi connectivity index (χ0v) is 8.83. The number of carbonyl (C=O) groups is 2. The predicted molar refractivity (Wildman–Crippen MR) is 57.4 cm³/mol. The highest BCUT2D eigenvalue weighted by molar-refractivity contribution is 5.96. The van der Waals surface area contributed by atoms with E-state index in [1.54, 1.807) is 13.8 Å². The normalized spacial score (nSPS) is 11.0. The van der Waals surface area contributed by atoms with E-state index >= 15 is 0 Å². The maximum atomic E-state index is 11.5. The number of hydrogen-bond acceptors (Lipinski definition) is 2. The fourth-order valence-corrected chi connectivity index (χ4v) is 0.966. The summed E-state index contributed by atoms with van der Waals surface area (Å²) in [5.41, 5.74) is 0. The molecule has 0 saturated heterocycles. The van der Waals surface area contributed by atoms with Crippen molar-refractivity contribution in [1.82, 2.24) is 10.6 Å². The van der Waals surface area contributed by atoms with E-state index in [4.69, 9.17) is 12.8 Å². The molecular formula is C11H14N2O2. The summed E-state index contributed by atoms with van der Waals surface area (Å²) in [5, 5.41) is 4.90. The van der Waals surface area contributed by atoms with Gasteiger partial charge in [-0.05, 0) is 11.8 Å². The van der Waals surface area contributed by atoms with E-state index in [0.29, 0.717) is 0 Å². The third-order valence-corrected chi connectivity index (χ3v) is 1.73. The van der Waals surface area contributed by atoms with Gasteiger partial charge in [-0.2, -0.15) is 0 Å². The molecule has 0 heterocycles. The smallest absolute Gasteiger partial charge is 0.296 e. The lowest BCUT2D eigenvalue weighted by Crippen LogP contribution is -2.49. The predicted octanol–water partition coefficient (Wildman–Crippen LogP) is -0.490. The second-order valence-corrected chi connectivity index (χ2v) is 3.26. The topological polar surface area (TPSA) is 58.2 Å². The van der Waals surface area contributed by atoms with E-state index in [1.165, 1.54) is 0 Å². The molecule has 2 N–H and O–H groups in total. The van der Waals surface area contributed by atoms with Crippen LogP contribution in [0.1, 0.15) is 13.8 Å². The highest BCUT2D eigenvalue weighted by Gasteiger charge is 2.22. The van der Waals surface area contributed by atoms with Crippen LogP contribution in [0, 0.1) is 30.6 Å². The van der Waals surface area contributed by atoms with Gasteiger partial charge in [0.2, 0.25) is 5.91 Å². The summed E-state index contributed by atoms with van der Waals surface area (Å²) in [5.74, 6) is 3.18. The number of amides is 2. The highest BCUT2D eigenvalue weighted by atomic mass is 16.2. The average Bonchev–Trinajstić information content (AvgIpc) is 2.21. The van der Waals surface area contributed by atoms with Crippen molar-refractivity contribution in [2.24, 2.45) is 5.92 Å². The van der Waals surface area contributed by atoms with Gasteiger partial charge >= 0.3 is 0 Å². The average molecular weight is 206 g/mol. The minimum Gasteiger partial charge on any atom is -0.343 e. The van der Waals surface area contributed by atoms with Crippen LogP contribution in [0.25, 0.3) is 0 Å². The molecule has 0 aliphatic rings. The molecule has 4 heteroatoms. The van der Waals surface area contributed by atoms with Crippen LogP contribution in [0.15, 0.2) is 0 Å². The van der Waals surface area contributed by atoms with Gasteiger partial charge in [-0.1, -0.05) is 19.8 Å². The summed E-state index contributed by atoms with van der Waals surface area (Å²) in [6, 6.07) is -0.651. The Bertz CT molecular complexity index is 320. The molecule has 0 aliphatic carbocycles. The van der Waals surface area contributed by atoms with Gasteiger partial charge in [0.15, 0.2) is 0 Å². The SMILES string of the molecule is C#CCNC(=O)[C@@H](NC(=O)C#C)C(C)C. The standard InChI is InChI=1S/C11H14N2O2/c1-5-7-12-11(15)10(8(3)4)13-9(14)6-2/h1-2,8,10H,7H2,3-4H3,(H,12,15)(H,13,14)/t10-/m0/s1. The zero-order valence-electron chi connectivity index (χ0n) is 8.83. The Morgan fingerprint density at radius 3 is 2.33 bits per heavy atom. The van der Waals surface area contributed by atoms with Crippen molar-refractivity contribution in [3.05, 3.63) is 0 Å². The van der Waals surface area contributed by atoms with E-state index < -0.39 is 11.9 Å². The molecule has 0 fully saturated rings.